The molecule has 7 nitrogen and oxygen atoms in total. The zero-order valence-corrected chi connectivity index (χ0v) is 11.5. The van der Waals surface area contributed by atoms with Crippen LogP contribution in [-0.4, -0.2) is 30.6 Å². The van der Waals surface area contributed by atoms with Crippen molar-refractivity contribution in [1.29, 1.82) is 0 Å². The van der Waals surface area contributed by atoms with Crippen molar-refractivity contribution in [1.82, 2.24) is 30.0 Å². The second-order valence-electron chi connectivity index (χ2n) is 4.97. The summed E-state index contributed by atoms with van der Waals surface area (Å²) in [6, 6.07) is -0.204. The largest absolute Gasteiger partial charge is 0.341 e. The van der Waals surface area contributed by atoms with Crippen LogP contribution in [0.4, 0.5) is 0 Å². The van der Waals surface area contributed by atoms with Gasteiger partial charge in [-0.15, -0.1) is 10.2 Å². The summed E-state index contributed by atoms with van der Waals surface area (Å²) in [6.45, 7) is 4.65. The molecule has 1 aliphatic rings. The molecule has 0 radical (unpaired) electrons. The molecule has 0 aliphatic carbocycles. The number of hydrogen-bond donors (Lipinski definition) is 1. The van der Waals surface area contributed by atoms with Crippen LogP contribution in [0.15, 0.2) is 12.4 Å². The normalized spacial score (nSPS) is 14.9. The molecular weight excluding hydrogens is 256 g/mol. The fourth-order valence-corrected chi connectivity index (χ4v) is 2.34. The quantitative estimate of drug-likeness (QED) is 0.893. The average Bonchev–Trinajstić information content (AvgIpc) is 3.01. The number of hydrogen-bond acceptors (Lipinski definition) is 5. The van der Waals surface area contributed by atoms with Gasteiger partial charge in [-0.3, -0.25) is 9.78 Å². The van der Waals surface area contributed by atoms with Crippen LogP contribution in [0.5, 0.6) is 0 Å². The number of carbonyl (C=O) groups is 1. The molecule has 7 heteroatoms. The van der Waals surface area contributed by atoms with Gasteiger partial charge in [0.2, 0.25) is 0 Å². The van der Waals surface area contributed by atoms with E-state index in [4.69, 9.17) is 0 Å². The third-order valence-electron chi connectivity index (χ3n) is 3.39. The molecule has 1 N–H and O–H groups in total. The topological polar surface area (TPSA) is 85.6 Å². The molecule has 2 aromatic rings. The second kappa shape index (κ2) is 4.99. The number of fused-ring (bicyclic) bond motifs is 1. The van der Waals surface area contributed by atoms with Gasteiger partial charge in [0, 0.05) is 19.2 Å². The number of rotatable bonds is 3. The summed E-state index contributed by atoms with van der Waals surface area (Å²) in [5, 5.41) is 11.2. The lowest BCUT2D eigenvalue weighted by Gasteiger charge is -2.13. The number of aryl methyl sites for hydroxylation is 2. The summed E-state index contributed by atoms with van der Waals surface area (Å²) < 4.78 is 2.08. The maximum Gasteiger partial charge on any atom is 0.272 e. The number of nitrogens with zero attached hydrogens (tertiary/aromatic N) is 5. The minimum atomic E-state index is -0.250. The summed E-state index contributed by atoms with van der Waals surface area (Å²) >= 11 is 0. The van der Waals surface area contributed by atoms with Crippen molar-refractivity contribution in [3.63, 3.8) is 0 Å². The van der Waals surface area contributed by atoms with Crippen LogP contribution in [0.1, 0.15) is 47.2 Å². The Bertz CT molecular complexity index is 633. The zero-order valence-electron chi connectivity index (χ0n) is 11.5. The third-order valence-corrected chi connectivity index (χ3v) is 3.39. The Kier molecular flexibility index (Phi) is 3.17. The second-order valence-corrected chi connectivity index (χ2v) is 4.97. The molecule has 1 atom stereocenters. The average molecular weight is 272 g/mol. The minimum Gasteiger partial charge on any atom is -0.341 e. The SMILES string of the molecule is Cc1cnc(C(=O)NC(C)c2nnc3n2CCC3)cn1. The van der Waals surface area contributed by atoms with Gasteiger partial charge in [-0.25, -0.2) is 4.98 Å². The van der Waals surface area contributed by atoms with Crippen molar-refractivity contribution in [2.45, 2.75) is 39.3 Å². The summed E-state index contributed by atoms with van der Waals surface area (Å²) in [7, 11) is 0. The maximum absolute atomic E-state index is 12.1. The lowest BCUT2D eigenvalue weighted by molar-refractivity contribution is 0.0932. The van der Waals surface area contributed by atoms with Gasteiger partial charge in [0.1, 0.15) is 11.5 Å². The van der Waals surface area contributed by atoms with E-state index in [1.807, 2.05) is 13.8 Å². The Balaban J connectivity index is 1.73. The lowest BCUT2D eigenvalue weighted by atomic mass is 10.3. The Morgan fingerprint density at radius 3 is 2.95 bits per heavy atom. The van der Waals surface area contributed by atoms with E-state index < -0.39 is 0 Å². The van der Waals surface area contributed by atoms with Gasteiger partial charge in [-0.1, -0.05) is 0 Å². The molecule has 0 bridgehead atoms. The van der Waals surface area contributed by atoms with Gasteiger partial charge in [-0.05, 0) is 20.3 Å². The molecule has 0 saturated heterocycles. The third kappa shape index (κ3) is 2.26. The first-order chi connectivity index (χ1) is 9.65. The molecule has 0 aromatic carbocycles. The van der Waals surface area contributed by atoms with Crippen LogP contribution >= 0.6 is 0 Å². The van der Waals surface area contributed by atoms with E-state index in [2.05, 4.69) is 30.0 Å². The molecule has 20 heavy (non-hydrogen) atoms. The molecular formula is C13H16N6O. The van der Waals surface area contributed by atoms with E-state index in [0.717, 1.165) is 36.7 Å². The van der Waals surface area contributed by atoms with E-state index >= 15 is 0 Å². The summed E-state index contributed by atoms with van der Waals surface area (Å²) in [6.07, 6.45) is 5.10. The van der Waals surface area contributed by atoms with E-state index in [-0.39, 0.29) is 11.9 Å². The summed E-state index contributed by atoms with van der Waals surface area (Å²) in [4.78, 5) is 20.2. The summed E-state index contributed by atoms with van der Waals surface area (Å²) in [5.74, 6) is 1.54. The van der Waals surface area contributed by atoms with Crippen LogP contribution in [0.3, 0.4) is 0 Å². The van der Waals surface area contributed by atoms with Crippen molar-refractivity contribution < 1.29 is 4.79 Å². The van der Waals surface area contributed by atoms with Crippen LogP contribution in [-0.2, 0) is 13.0 Å². The molecule has 3 rings (SSSR count). The fraction of sp³-hybridized carbons (Fsp3) is 0.462. The molecule has 0 spiro atoms. The first-order valence-electron chi connectivity index (χ1n) is 6.66. The van der Waals surface area contributed by atoms with Crippen LogP contribution in [0, 0.1) is 6.92 Å². The highest BCUT2D eigenvalue weighted by molar-refractivity contribution is 5.92. The molecule has 3 heterocycles. The van der Waals surface area contributed by atoms with Gasteiger partial charge in [-0.2, -0.15) is 0 Å². The smallest absolute Gasteiger partial charge is 0.272 e. The first kappa shape index (κ1) is 12.7. The Morgan fingerprint density at radius 1 is 1.35 bits per heavy atom. The van der Waals surface area contributed by atoms with Crippen molar-refractivity contribution in [3.05, 3.63) is 35.4 Å². The van der Waals surface area contributed by atoms with Crippen LogP contribution in [0.2, 0.25) is 0 Å². The monoisotopic (exact) mass is 272 g/mol. The van der Waals surface area contributed by atoms with Crippen LogP contribution < -0.4 is 5.32 Å². The summed E-state index contributed by atoms with van der Waals surface area (Å²) in [5.41, 5.74) is 1.09. The number of aromatic nitrogens is 5. The predicted molar refractivity (Wildman–Crippen MR) is 71.0 cm³/mol. The lowest BCUT2D eigenvalue weighted by Crippen LogP contribution is -2.29. The molecule has 0 fully saturated rings. The van der Waals surface area contributed by atoms with E-state index in [1.54, 1.807) is 6.20 Å². The standard InChI is InChI=1S/C13H16N6O/c1-8-6-15-10(7-14-8)13(20)16-9(2)12-18-17-11-4-3-5-19(11)12/h6-7,9H,3-5H2,1-2H3,(H,16,20). The Hall–Kier alpha value is -2.31. The van der Waals surface area contributed by atoms with Gasteiger partial charge < -0.3 is 9.88 Å². The fourth-order valence-electron chi connectivity index (χ4n) is 2.34. The molecule has 1 unspecified atom stereocenters. The van der Waals surface area contributed by atoms with Crippen molar-refractivity contribution in [2.24, 2.45) is 0 Å². The van der Waals surface area contributed by atoms with E-state index in [1.165, 1.54) is 6.20 Å². The molecule has 1 aliphatic heterocycles. The minimum absolute atomic E-state index is 0.204. The van der Waals surface area contributed by atoms with E-state index in [9.17, 15) is 4.79 Å². The molecule has 1 amide bonds. The highest BCUT2D eigenvalue weighted by Gasteiger charge is 2.22. The van der Waals surface area contributed by atoms with Gasteiger partial charge >= 0.3 is 0 Å². The van der Waals surface area contributed by atoms with Crippen LogP contribution in [0.25, 0.3) is 0 Å². The van der Waals surface area contributed by atoms with Gasteiger partial charge in [0.05, 0.1) is 17.9 Å². The number of carbonyl (C=O) groups excluding carboxylic acids is 1. The highest BCUT2D eigenvalue weighted by atomic mass is 16.1. The van der Waals surface area contributed by atoms with Crippen molar-refractivity contribution >= 4 is 5.91 Å². The first-order valence-corrected chi connectivity index (χ1v) is 6.66. The molecule has 104 valence electrons. The zero-order chi connectivity index (χ0) is 14.1. The number of amides is 1. The maximum atomic E-state index is 12.1. The number of nitrogens with one attached hydrogen (secondary N) is 1. The van der Waals surface area contributed by atoms with E-state index in [0.29, 0.717) is 5.69 Å². The predicted octanol–water partition coefficient (Wildman–Crippen LogP) is 0.814. The van der Waals surface area contributed by atoms with Crippen molar-refractivity contribution in [3.8, 4) is 0 Å². The molecule has 0 saturated carbocycles. The Labute approximate surface area is 116 Å². The Morgan fingerprint density at radius 2 is 2.20 bits per heavy atom. The van der Waals surface area contributed by atoms with Crippen molar-refractivity contribution in [2.75, 3.05) is 0 Å². The highest BCUT2D eigenvalue weighted by Crippen LogP contribution is 2.19. The molecule has 2 aromatic heterocycles. The van der Waals surface area contributed by atoms with Gasteiger partial charge in [0.25, 0.3) is 5.91 Å². The van der Waals surface area contributed by atoms with Gasteiger partial charge in [0.15, 0.2) is 5.82 Å².